The summed E-state index contributed by atoms with van der Waals surface area (Å²) in [5.41, 5.74) is 7.51. The lowest BCUT2D eigenvalue weighted by Crippen LogP contribution is -2.10. The molecule has 0 radical (unpaired) electrons. The Balaban J connectivity index is 0.000000401. The second-order valence-corrected chi connectivity index (χ2v) is 5.68. The van der Waals surface area contributed by atoms with E-state index >= 15 is 0 Å². The summed E-state index contributed by atoms with van der Waals surface area (Å²) >= 11 is 0. The van der Waals surface area contributed by atoms with Crippen molar-refractivity contribution in [2.24, 2.45) is 5.73 Å². The molecule has 0 bridgehead atoms. The second-order valence-electron chi connectivity index (χ2n) is 4.79. The number of benzene rings is 2. The van der Waals surface area contributed by atoms with Crippen LogP contribution in [0.4, 0.5) is 0 Å². The normalized spacial score (nSPS) is 9.76. The molecule has 138 valence electrons. The molecule has 2 aromatic rings. The maximum atomic E-state index is 10.9. The van der Waals surface area contributed by atoms with Gasteiger partial charge in [0.2, 0.25) is 0 Å². The third-order valence-electron chi connectivity index (χ3n) is 2.53. The van der Waals surface area contributed by atoms with Crippen LogP contribution in [0.15, 0.2) is 60.7 Å². The van der Waals surface area contributed by atoms with E-state index in [9.17, 15) is 4.79 Å². The van der Waals surface area contributed by atoms with Gasteiger partial charge in [-0.25, -0.2) is 0 Å². The van der Waals surface area contributed by atoms with E-state index in [4.69, 9.17) is 28.0 Å². The van der Waals surface area contributed by atoms with E-state index in [1.165, 1.54) is 5.56 Å². The largest absolute Gasteiger partial charge is 0.461 e. The molecule has 8 heteroatoms. The van der Waals surface area contributed by atoms with Gasteiger partial charge in [-0.1, -0.05) is 66.2 Å². The van der Waals surface area contributed by atoms with Crippen LogP contribution in [0, 0.1) is 6.92 Å². The van der Waals surface area contributed by atoms with E-state index in [1.54, 1.807) is 0 Å². The van der Waals surface area contributed by atoms with Crippen molar-refractivity contribution >= 4 is 16.4 Å². The SMILES string of the molecule is Cc1ccccc1.NCCC(=O)OCc1ccccc1.O=S(=O)(O)O. The van der Waals surface area contributed by atoms with E-state index in [0.29, 0.717) is 13.2 Å². The maximum Gasteiger partial charge on any atom is 0.394 e. The number of hydrogen-bond acceptors (Lipinski definition) is 5. The van der Waals surface area contributed by atoms with E-state index in [0.717, 1.165) is 5.56 Å². The molecule has 7 nitrogen and oxygen atoms in total. The highest BCUT2D eigenvalue weighted by molar-refractivity contribution is 7.79. The molecular formula is C17H23NO6S. The third kappa shape index (κ3) is 17.9. The first-order valence-corrected chi connectivity index (χ1v) is 8.73. The highest BCUT2D eigenvalue weighted by atomic mass is 32.3. The van der Waals surface area contributed by atoms with Crippen molar-refractivity contribution in [3.8, 4) is 0 Å². The quantitative estimate of drug-likeness (QED) is 0.558. The molecule has 0 heterocycles. The van der Waals surface area contributed by atoms with Crippen molar-refractivity contribution in [2.75, 3.05) is 6.54 Å². The van der Waals surface area contributed by atoms with Crippen LogP contribution in [0.5, 0.6) is 0 Å². The van der Waals surface area contributed by atoms with Gasteiger partial charge in [-0.05, 0) is 12.5 Å². The number of esters is 1. The first kappa shape index (κ1) is 22.7. The van der Waals surface area contributed by atoms with E-state index in [1.807, 2.05) is 48.5 Å². The van der Waals surface area contributed by atoms with Crippen LogP contribution in [0.1, 0.15) is 17.5 Å². The van der Waals surface area contributed by atoms with Crippen LogP contribution in [-0.4, -0.2) is 30.0 Å². The van der Waals surface area contributed by atoms with Crippen molar-refractivity contribution in [1.29, 1.82) is 0 Å². The number of nitrogens with two attached hydrogens (primary N) is 1. The molecule has 4 N–H and O–H groups in total. The Morgan fingerprint density at radius 3 is 1.80 bits per heavy atom. The molecule has 2 rings (SSSR count). The fourth-order valence-electron chi connectivity index (χ4n) is 1.46. The monoisotopic (exact) mass is 369 g/mol. The predicted octanol–water partition coefficient (Wildman–Crippen LogP) is 2.42. The highest BCUT2D eigenvalue weighted by Gasteiger charge is 2.00. The zero-order valence-corrected chi connectivity index (χ0v) is 14.7. The summed E-state index contributed by atoms with van der Waals surface area (Å²) in [6, 6.07) is 19.8. The molecular weight excluding hydrogens is 346 g/mol. The van der Waals surface area contributed by atoms with Crippen molar-refractivity contribution in [3.63, 3.8) is 0 Å². The Morgan fingerprint density at radius 1 is 1.00 bits per heavy atom. The van der Waals surface area contributed by atoms with Gasteiger partial charge in [0.15, 0.2) is 0 Å². The molecule has 0 atom stereocenters. The molecule has 0 saturated heterocycles. The summed E-state index contributed by atoms with van der Waals surface area (Å²) in [4.78, 5) is 10.9. The van der Waals surface area contributed by atoms with Gasteiger partial charge in [0, 0.05) is 6.54 Å². The molecule has 2 aromatic carbocycles. The fourth-order valence-corrected chi connectivity index (χ4v) is 1.46. The van der Waals surface area contributed by atoms with Gasteiger partial charge in [-0.3, -0.25) is 13.9 Å². The Morgan fingerprint density at radius 2 is 1.44 bits per heavy atom. The molecule has 0 aliphatic carbocycles. The van der Waals surface area contributed by atoms with Crippen LogP contribution in [0.2, 0.25) is 0 Å². The number of rotatable bonds is 4. The lowest BCUT2D eigenvalue weighted by Gasteiger charge is -2.02. The first-order valence-electron chi connectivity index (χ1n) is 7.33. The topological polar surface area (TPSA) is 127 Å². The van der Waals surface area contributed by atoms with Crippen LogP contribution < -0.4 is 5.73 Å². The lowest BCUT2D eigenvalue weighted by molar-refractivity contribution is -0.144. The van der Waals surface area contributed by atoms with Crippen LogP contribution in [-0.2, 0) is 26.5 Å². The van der Waals surface area contributed by atoms with Crippen LogP contribution >= 0.6 is 0 Å². The number of ether oxygens (including phenoxy) is 1. The third-order valence-corrected chi connectivity index (χ3v) is 2.53. The van der Waals surface area contributed by atoms with Crippen molar-refractivity contribution in [3.05, 3.63) is 71.8 Å². The minimum absolute atomic E-state index is 0.244. The molecule has 0 unspecified atom stereocenters. The summed E-state index contributed by atoms with van der Waals surface area (Å²) < 4.78 is 36.5. The molecule has 25 heavy (non-hydrogen) atoms. The first-order chi connectivity index (χ1) is 11.7. The van der Waals surface area contributed by atoms with E-state index in [2.05, 4.69) is 19.1 Å². The van der Waals surface area contributed by atoms with Gasteiger partial charge in [0.05, 0.1) is 6.42 Å². The van der Waals surface area contributed by atoms with Gasteiger partial charge < -0.3 is 10.5 Å². The van der Waals surface area contributed by atoms with Crippen molar-refractivity contribution in [2.45, 2.75) is 20.0 Å². The molecule has 0 aromatic heterocycles. The summed E-state index contributed by atoms with van der Waals surface area (Å²) in [7, 11) is -4.67. The maximum absolute atomic E-state index is 10.9. The number of carbonyl (C=O) groups excluding carboxylic acids is 1. The average molecular weight is 369 g/mol. The number of hydrogen-bond donors (Lipinski definition) is 3. The minimum Gasteiger partial charge on any atom is -0.461 e. The standard InChI is InChI=1S/C10H13NO2.C7H8.H2O4S/c11-7-6-10(12)13-8-9-4-2-1-3-5-9;1-7-5-3-2-4-6-7;1-5(2,3)4/h1-5H,6-8,11H2;2-6H,1H3;(H2,1,2,3,4). The molecule has 0 amide bonds. The van der Waals surface area contributed by atoms with Gasteiger partial charge >= 0.3 is 16.4 Å². The molecule has 0 aliphatic rings. The Bertz CT molecular complexity index is 682. The Kier molecular flexibility index (Phi) is 11.9. The van der Waals surface area contributed by atoms with E-state index < -0.39 is 10.4 Å². The van der Waals surface area contributed by atoms with Crippen molar-refractivity contribution in [1.82, 2.24) is 0 Å². The van der Waals surface area contributed by atoms with Gasteiger partial charge in [-0.15, -0.1) is 0 Å². The Labute approximate surface area is 148 Å². The Hall–Kier alpha value is -2.26. The second kappa shape index (κ2) is 13.1. The predicted molar refractivity (Wildman–Crippen MR) is 95.3 cm³/mol. The smallest absolute Gasteiger partial charge is 0.394 e. The summed E-state index contributed by atoms with van der Waals surface area (Å²) in [6.07, 6.45) is 0.285. The average Bonchev–Trinajstić information content (AvgIpc) is 2.54. The minimum atomic E-state index is -4.67. The van der Waals surface area contributed by atoms with Gasteiger partial charge in [0.25, 0.3) is 0 Å². The van der Waals surface area contributed by atoms with Gasteiger partial charge in [0.1, 0.15) is 6.61 Å². The summed E-state index contributed by atoms with van der Waals surface area (Å²) in [6.45, 7) is 2.76. The number of carbonyl (C=O) groups is 1. The molecule has 0 saturated carbocycles. The van der Waals surface area contributed by atoms with Crippen molar-refractivity contribution < 1.29 is 27.1 Å². The number of aryl methyl sites for hydroxylation is 1. The van der Waals surface area contributed by atoms with Crippen LogP contribution in [0.25, 0.3) is 0 Å². The van der Waals surface area contributed by atoms with E-state index in [-0.39, 0.29) is 12.4 Å². The molecule has 0 spiro atoms. The zero-order chi connectivity index (χ0) is 19.1. The lowest BCUT2D eigenvalue weighted by atomic mass is 10.2. The van der Waals surface area contributed by atoms with Gasteiger partial charge in [-0.2, -0.15) is 8.42 Å². The molecule has 0 fully saturated rings. The summed E-state index contributed by atoms with van der Waals surface area (Å²) in [5, 5.41) is 0. The zero-order valence-electron chi connectivity index (χ0n) is 13.9. The summed E-state index contributed by atoms with van der Waals surface area (Å²) in [5.74, 6) is -0.244. The fraction of sp³-hybridized carbons (Fsp3) is 0.235. The highest BCUT2D eigenvalue weighted by Crippen LogP contribution is 2.01. The molecule has 0 aliphatic heterocycles. The van der Waals surface area contributed by atoms with Crippen LogP contribution in [0.3, 0.4) is 0 Å².